The van der Waals surface area contributed by atoms with Crippen LogP contribution in [0.15, 0.2) is 55.1 Å². The maximum Gasteiger partial charge on any atom is 0.275 e. The molecule has 1 aromatic carbocycles. The van der Waals surface area contributed by atoms with Crippen molar-refractivity contribution in [1.29, 1.82) is 0 Å². The lowest BCUT2D eigenvalue weighted by atomic mass is 10.2. The van der Waals surface area contributed by atoms with E-state index in [1.165, 1.54) is 18.6 Å². The number of hydrogen-bond acceptors (Lipinski definition) is 4. The van der Waals surface area contributed by atoms with Gasteiger partial charge in [-0.2, -0.15) is 0 Å². The molecule has 0 atom stereocenters. The van der Waals surface area contributed by atoms with Crippen LogP contribution in [0.25, 0.3) is 10.9 Å². The van der Waals surface area contributed by atoms with E-state index >= 15 is 0 Å². The normalized spacial score (nSPS) is 10.3. The highest BCUT2D eigenvalue weighted by molar-refractivity contribution is 6.03. The van der Waals surface area contributed by atoms with Crippen molar-refractivity contribution >= 4 is 22.5 Å². The van der Waals surface area contributed by atoms with Crippen molar-refractivity contribution in [2.75, 3.05) is 5.32 Å². The van der Waals surface area contributed by atoms with Gasteiger partial charge < -0.3 is 5.32 Å². The Bertz CT molecular complexity index is 728. The summed E-state index contributed by atoms with van der Waals surface area (Å²) in [7, 11) is 0. The van der Waals surface area contributed by atoms with Gasteiger partial charge in [0.15, 0.2) is 0 Å². The Hall–Kier alpha value is -2.82. The van der Waals surface area contributed by atoms with Crippen molar-refractivity contribution < 1.29 is 4.79 Å². The summed E-state index contributed by atoms with van der Waals surface area (Å²) in [6.07, 6.45) is 6.04. The fraction of sp³-hybridized carbons (Fsp3) is 0. The molecule has 0 spiro atoms. The smallest absolute Gasteiger partial charge is 0.275 e. The molecule has 0 fully saturated rings. The van der Waals surface area contributed by atoms with Gasteiger partial charge in [0, 0.05) is 17.8 Å². The second-order valence-electron chi connectivity index (χ2n) is 3.96. The first kappa shape index (κ1) is 11.3. The van der Waals surface area contributed by atoms with Crippen LogP contribution in [0, 0.1) is 0 Å². The number of nitrogens with zero attached hydrogens (tertiary/aromatic N) is 3. The summed E-state index contributed by atoms with van der Waals surface area (Å²) in [5.74, 6) is -0.301. The van der Waals surface area contributed by atoms with Crippen LogP contribution in [0.2, 0.25) is 0 Å². The van der Waals surface area contributed by atoms with Gasteiger partial charge in [0.25, 0.3) is 5.91 Å². The van der Waals surface area contributed by atoms with Crippen molar-refractivity contribution in [3.8, 4) is 0 Å². The zero-order valence-electron chi connectivity index (χ0n) is 9.95. The summed E-state index contributed by atoms with van der Waals surface area (Å²) in [5.41, 5.74) is 1.80. The number of fused-ring (bicyclic) bond motifs is 1. The summed E-state index contributed by atoms with van der Waals surface area (Å²) in [4.78, 5) is 24.0. The van der Waals surface area contributed by atoms with Crippen molar-refractivity contribution in [3.05, 3.63) is 60.8 Å². The standard InChI is InChI=1S/C14H10N4O/c19-14(13-9-15-5-6-16-13)18-11-7-10-3-1-2-4-12(10)17-8-11/h1-9H,(H,18,19). The molecule has 3 rings (SSSR count). The van der Waals surface area contributed by atoms with Crippen LogP contribution in [0.3, 0.4) is 0 Å². The molecule has 92 valence electrons. The third-order valence-corrected chi connectivity index (χ3v) is 2.64. The number of anilines is 1. The zero-order chi connectivity index (χ0) is 13.1. The lowest BCUT2D eigenvalue weighted by molar-refractivity contribution is 0.102. The van der Waals surface area contributed by atoms with Crippen LogP contribution in [0.4, 0.5) is 5.69 Å². The average Bonchev–Trinajstić information content (AvgIpc) is 2.48. The molecule has 0 bridgehead atoms. The number of carbonyl (C=O) groups excluding carboxylic acids is 1. The van der Waals surface area contributed by atoms with Crippen molar-refractivity contribution in [3.63, 3.8) is 0 Å². The molecular weight excluding hydrogens is 240 g/mol. The molecule has 1 amide bonds. The van der Waals surface area contributed by atoms with E-state index in [-0.39, 0.29) is 11.6 Å². The van der Waals surface area contributed by atoms with Crippen molar-refractivity contribution in [2.24, 2.45) is 0 Å². The largest absolute Gasteiger partial charge is 0.319 e. The van der Waals surface area contributed by atoms with E-state index < -0.39 is 0 Å². The lowest BCUT2D eigenvalue weighted by Gasteiger charge is -2.05. The zero-order valence-corrected chi connectivity index (χ0v) is 9.95. The Morgan fingerprint density at radius 1 is 1.05 bits per heavy atom. The van der Waals surface area contributed by atoms with Gasteiger partial charge in [-0.1, -0.05) is 18.2 Å². The van der Waals surface area contributed by atoms with Gasteiger partial charge in [-0.05, 0) is 12.1 Å². The molecule has 0 saturated heterocycles. The molecule has 19 heavy (non-hydrogen) atoms. The van der Waals surface area contributed by atoms with E-state index in [4.69, 9.17) is 0 Å². The number of rotatable bonds is 2. The van der Waals surface area contributed by atoms with Gasteiger partial charge in [-0.15, -0.1) is 0 Å². The number of hydrogen-bond donors (Lipinski definition) is 1. The summed E-state index contributed by atoms with van der Waals surface area (Å²) >= 11 is 0. The molecule has 0 saturated carbocycles. The van der Waals surface area contributed by atoms with E-state index in [0.717, 1.165) is 10.9 Å². The van der Waals surface area contributed by atoms with E-state index in [2.05, 4.69) is 20.3 Å². The minimum absolute atomic E-state index is 0.274. The monoisotopic (exact) mass is 250 g/mol. The minimum Gasteiger partial charge on any atom is -0.319 e. The number of amides is 1. The van der Waals surface area contributed by atoms with Crippen molar-refractivity contribution in [2.45, 2.75) is 0 Å². The van der Waals surface area contributed by atoms with E-state index in [0.29, 0.717) is 5.69 Å². The highest BCUT2D eigenvalue weighted by Crippen LogP contribution is 2.16. The summed E-state index contributed by atoms with van der Waals surface area (Å²) < 4.78 is 0. The minimum atomic E-state index is -0.301. The topological polar surface area (TPSA) is 67.8 Å². The first-order valence-corrected chi connectivity index (χ1v) is 5.75. The van der Waals surface area contributed by atoms with E-state index in [1.54, 1.807) is 6.20 Å². The molecule has 3 aromatic rings. The van der Waals surface area contributed by atoms with Gasteiger partial charge in [-0.3, -0.25) is 14.8 Å². The third kappa shape index (κ3) is 2.40. The Morgan fingerprint density at radius 3 is 2.79 bits per heavy atom. The number of para-hydroxylation sites is 1. The summed E-state index contributed by atoms with van der Waals surface area (Å²) in [6.45, 7) is 0. The molecular formula is C14H10N4O. The highest BCUT2D eigenvalue weighted by Gasteiger charge is 2.07. The number of benzene rings is 1. The molecule has 5 nitrogen and oxygen atoms in total. The molecule has 0 aliphatic carbocycles. The lowest BCUT2D eigenvalue weighted by Crippen LogP contribution is -2.13. The molecule has 2 heterocycles. The van der Waals surface area contributed by atoms with E-state index in [1.807, 2.05) is 30.3 Å². The second-order valence-corrected chi connectivity index (χ2v) is 3.96. The highest BCUT2D eigenvalue weighted by atomic mass is 16.1. The molecule has 0 radical (unpaired) electrons. The van der Waals surface area contributed by atoms with Gasteiger partial charge in [0.1, 0.15) is 5.69 Å². The van der Waals surface area contributed by atoms with Gasteiger partial charge in [-0.25, -0.2) is 4.98 Å². The third-order valence-electron chi connectivity index (χ3n) is 2.64. The average molecular weight is 250 g/mol. The quantitative estimate of drug-likeness (QED) is 0.757. The maximum absolute atomic E-state index is 11.9. The van der Waals surface area contributed by atoms with Crippen LogP contribution >= 0.6 is 0 Å². The molecule has 0 aliphatic heterocycles. The van der Waals surface area contributed by atoms with Gasteiger partial charge in [0.05, 0.1) is 23.6 Å². The van der Waals surface area contributed by atoms with E-state index in [9.17, 15) is 4.79 Å². The number of pyridine rings is 1. The Kier molecular flexibility index (Phi) is 2.86. The number of nitrogens with one attached hydrogen (secondary N) is 1. The summed E-state index contributed by atoms with van der Waals surface area (Å²) in [6, 6.07) is 9.59. The first-order chi connectivity index (χ1) is 9.33. The fourth-order valence-electron chi connectivity index (χ4n) is 1.75. The van der Waals surface area contributed by atoms with Crippen LogP contribution < -0.4 is 5.32 Å². The molecule has 5 heteroatoms. The Balaban J connectivity index is 1.87. The predicted octanol–water partition coefficient (Wildman–Crippen LogP) is 2.28. The molecule has 0 unspecified atom stereocenters. The molecule has 0 aliphatic rings. The van der Waals surface area contributed by atoms with Crippen LogP contribution in [0.5, 0.6) is 0 Å². The predicted molar refractivity (Wildman–Crippen MR) is 71.7 cm³/mol. The van der Waals surface area contributed by atoms with Crippen LogP contribution in [-0.2, 0) is 0 Å². The van der Waals surface area contributed by atoms with Crippen molar-refractivity contribution in [1.82, 2.24) is 15.0 Å². The Morgan fingerprint density at radius 2 is 1.95 bits per heavy atom. The number of aromatic nitrogens is 3. The second kappa shape index (κ2) is 4.81. The molecule has 2 aromatic heterocycles. The SMILES string of the molecule is O=C(Nc1cnc2ccccc2c1)c1cnccn1. The fourth-order valence-corrected chi connectivity index (χ4v) is 1.75. The number of carbonyl (C=O) groups is 1. The van der Waals surface area contributed by atoms with Gasteiger partial charge in [0.2, 0.25) is 0 Å². The maximum atomic E-state index is 11.9. The Labute approximate surface area is 109 Å². The summed E-state index contributed by atoms with van der Waals surface area (Å²) in [5, 5.41) is 3.72. The first-order valence-electron chi connectivity index (χ1n) is 5.75. The van der Waals surface area contributed by atoms with Gasteiger partial charge >= 0.3 is 0 Å². The molecule has 1 N–H and O–H groups in total. The van der Waals surface area contributed by atoms with Crippen LogP contribution in [-0.4, -0.2) is 20.9 Å². The van der Waals surface area contributed by atoms with Crippen LogP contribution in [0.1, 0.15) is 10.5 Å².